The van der Waals surface area contributed by atoms with Crippen LogP contribution in [0.4, 0.5) is 11.4 Å². The first kappa shape index (κ1) is 19.7. The van der Waals surface area contributed by atoms with Crippen molar-refractivity contribution in [3.8, 4) is 11.5 Å². The van der Waals surface area contributed by atoms with E-state index in [1.807, 2.05) is 42.5 Å². The number of ketones is 1. The first-order valence-electron chi connectivity index (χ1n) is 10.3. The number of hydrogen-bond acceptors (Lipinski definition) is 6. The fourth-order valence-electron chi connectivity index (χ4n) is 4.51. The van der Waals surface area contributed by atoms with Crippen LogP contribution in [0.25, 0.3) is 0 Å². The molecule has 3 unspecified atom stereocenters. The van der Waals surface area contributed by atoms with Crippen LogP contribution in [-0.2, 0) is 4.79 Å². The van der Waals surface area contributed by atoms with Gasteiger partial charge in [0.05, 0.1) is 37.6 Å². The van der Waals surface area contributed by atoms with Crippen LogP contribution in [0.3, 0.4) is 0 Å². The van der Waals surface area contributed by atoms with Crippen molar-refractivity contribution >= 4 is 28.5 Å². The van der Waals surface area contributed by atoms with Crippen LogP contribution in [-0.4, -0.2) is 20.0 Å². The first-order valence-corrected chi connectivity index (χ1v) is 11.2. The molecule has 3 atom stereocenters. The zero-order chi connectivity index (χ0) is 21.4. The molecule has 158 valence electrons. The molecule has 1 aliphatic heterocycles. The molecule has 5 rings (SSSR count). The summed E-state index contributed by atoms with van der Waals surface area (Å²) in [6, 6.07) is 18.0. The summed E-state index contributed by atoms with van der Waals surface area (Å²) in [5.74, 6) is 1.29. The number of rotatable bonds is 4. The second-order valence-electron chi connectivity index (χ2n) is 7.80. The van der Waals surface area contributed by atoms with Crippen LogP contribution < -0.4 is 20.1 Å². The van der Waals surface area contributed by atoms with Crippen LogP contribution in [0.15, 0.2) is 71.8 Å². The lowest BCUT2D eigenvalue weighted by Crippen LogP contribution is -2.33. The molecule has 1 aliphatic carbocycles. The molecule has 3 aromatic rings. The van der Waals surface area contributed by atoms with E-state index in [0.29, 0.717) is 17.9 Å². The second-order valence-corrected chi connectivity index (χ2v) is 8.78. The number of thiophene rings is 1. The van der Waals surface area contributed by atoms with Crippen molar-refractivity contribution in [1.82, 2.24) is 0 Å². The summed E-state index contributed by atoms with van der Waals surface area (Å²) in [7, 11) is 3.25. The second kappa shape index (κ2) is 8.12. The molecule has 0 fully saturated rings. The van der Waals surface area contributed by atoms with Gasteiger partial charge in [-0.15, -0.1) is 11.3 Å². The molecule has 0 radical (unpaired) electrons. The highest BCUT2D eigenvalue weighted by Crippen LogP contribution is 2.45. The third-order valence-corrected chi connectivity index (χ3v) is 6.98. The predicted molar refractivity (Wildman–Crippen MR) is 124 cm³/mol. The number of hydrogen-bond donors (Lipinski definition) is 2. The van der Waals surface area contributed by atoms with Gasteiger partial charge in [-0.1, -0.05) is 30.3 Å². The Kier molecular flexibility index (Phi) is 5.16. The normalized spacial score (nSPS) is 22.2. The molecule has 2 aromatic carbocycles. The van der Waals surface area contributed by atoms with Crippen LogP contribution in [0.2, 0.25) is 0 Å². The number of Topliss-reactive ketones (excluding diaryl/α,β-unsaturated/α-hetero) is 1. The number of carbonyl (C=O) groups is 1. The Morgan fingerprint density at radius 1 is 0.968 bits per heavy atom. The van der Waals surface area contributed by atoms with Crippen molar-refractivity contribution in [2.24, 2.45) is 5.92 Å². The van der Waals surface area contributed by atoms with Crippen molar-refractivity contribution in [1.29, 1.82) is 0 Å². The third-order valence-electron chi connectivity index (χ3n) is 6.02. The topological polar surface area (TPSA) is 59.6 Å². The average molecular weight is 433 g/mol. The number of benzene rings is 2. The van der Waals surface area contributed by atoms with E-state index in [1.54, 1.807) is 25.6 Å². The number of ether oxygens (including phenoxy) is 2. The quantitative estimate of drug-likeness (QED) is 0.562. The van der Waals surface area contributed by atoms with Gasteiger partial charge in [-0.3, -0.25) is 4.79 Å². The van der Waals surface area contributed by atoms with Crippen molar-refractivity contribution in [3.05, 3.63) is 82.2 Å². The van der Waals surface area contributed by atoms with E-state index in [0.717, 1.165) is 27.5 Å². The maximum atomic E-state index is 13.5. The highest BCUT2D eigenvalue weighted by Gasteiger charge is 2.40. The van der Waals surface area contributed by atoms with Gasteiger partial charge in [-0.25, -0.2) is 0 Å². The molecule has 6 heteroatoms. The SMILES string of the molecule is COc1ccc(C2C=C3Nc4ccccc4NC(c4cccs4)C3C(=O)C2)cc1OC. The number of fused-ring (bicyclic) bond motifs is 2. The van der Waals surface area contributed by atoms with Gasteiger partial charge in [-0.05, 0) is 41.3 Å². The Morgan fingerprint density at radius 3 is 2.52 bits per heavy atom. The Hall–Kier alpha value is -3.25. The molecule has 0 saturated carbocycles. The number of allylic oxidation sites excluding steroid dienone is 1. The summed E-state index contributed by atoms with van der Waals surface area (Å²) in [6.07, 6.45) is 2.66. The monoisotopic (exact) mass is 432 g/mol. The van der Waals surface area contributed by atoms with Crippen molar-refractivity contribution in [3.63, 3.8) is 0 Å². The summed E-state index contributed by atoms with van der Waals surface area (Å²) in [5.41, 5.74) is 3.98. The highest BCUT2D eigenvalue weighted by molar-refractivity contribution is 7.10. The molecule has 1 aromatic heterocycles. The lowest BCUT2D eigenvalue weighted by molar-refractivity contribution is -0.122. The maximum Gasteiger partial charge on any atom is 0.161 e. The summed E-state index contributed by atoms with van der Waals surface area (Å²) < 4.78 is 10.8. The van der Waals surface area contributed by atoms with Gasteiger partial charge in [0.15, 0.2) is 11.5 Å². The summed E-state index contributed by atoms with van der Waals surface area (Å²) in [5, 5.41) is 9.25. The van der Waals surface area contributed by atoms with E-state index in [2.05, 4.69) is 34.2 Å². The molecular weight excluding hydrogens is 408 g/mol. The van der Waals surface area contributed by atoms with Crippen LogP contribution in [0.1, 0.15) is 28.8 Å². The van der Waals surface area contributed by atoms with Crippen LogP contribution >= 0.6 is 11.3 Å². The van der Waals surface area contributed by atoms with Gasteiger partial charge in [0, 0.05) is 22.9 Å². The summed E-state index contributed by atoms with van der Waals surface area (Å²) in [4.78, 5) is 14.7. The number of anilines is 2. The minimum absolute atomic E-state index is 0.0275. The van der Waals surface area contributed by atoms with Gasteiger partial charge in [0.2, 0.25) is 0 Å². The lowest BCUT2D eigenvalue weighted by Gasteiger charge is -2.32. The minimum Gasteiger partial charge on any atom is -0.493 e. The molecule has 0 bridgehead atoms. The molecule has 0 spiro atoms. The molecule has 2 aliphatic rings. The summed E-state index contributed by atoms with van der Waals surface area (Å²) >= 11 is 1.68. The molecule has 31 heavy (non-hydrogen) atoms. The zero-order valence-electron chi connectivity index (χ0n) is 17.4. The Labute approximate surface area is 185 Å². The summed E-state index contributed by atoms with van der Waals surface area (Å²) in [6.45, 7) is 0. The third kappa shape index (κ3) is 3.57. The van der Waals surface area contributed by atoms with Gasteiger partial charge in [0.1, 0.15) is 5.78 Å². The molecular formula is C25H24N2O3S. The Morgan fingerprint density at radius 2 is 1.77 bits per heavy atom. The highest BCUT2D eigenvalue weighted by atomic mass is 32.1. The molecule has 2 heterocycles. The number of methoxy groups -OCH3 is 2. The molecule has 0 amide bonds. The average Bonchev–Trinajstić information content (AvgIpc) is 3.27. The van der Waals surface area contributed by atoms with E-state index in [4.69, 9.17) is 9.47 Å². The van der Waals surface area contributed by atoms with E-state index in [1.165, 1.54) is 0 Å². The van der Waals surface area contributed by atoms with Gasteiger partial charge in [0.25, 0.3) is 0 Å². The first-order chi connectivity index (χ1) is 15.2. The van der Waals surface area contributed by atoms with E-state index in [-0.39, 0.29) is 23.7 Å². The standard InChI is InChI=1S/C25H24N2O3S/c1-29-21-10-9-15(14-22(21)30-2)16-12-19-24(20(28)13-16)25(23-8-5-11-31-23)27-18-7-4-3-6-17(18)26-19/h3-12,14,16,24-27H,13H2,1-2H3. The largest absolute Gasteiger partial charge is 0.493 e. The van der Waals surface area contributed by atoms with Gasteiger partial charge < -0.3 is 20.1 Å². The zero-order valence-corrected chi connectivity index (χ0v) is 18.2. The molecule has 5 nitrogen and oxygen atoms in total. The molecule has 2 N–H and O–H groups in total. The number of nitrogens with one attached hydrogen (secondary N) is 2. The molecule has 0 saturated heterocycles. The van der Waals surface area contributed by atoms with Gasteiger partial charge in [-0.2, -0.15) is 0 Å². The van der Waals surface area contributed by atoms with Crippen molar-refractivity contribution in [2.45, 2.75) is 18.4 Å². The fourth-order valence-corrected chi connectivity index (χ4v) is 5.32. The Balaban J connectivity index is 1.59. The fraction of sp³-hybridized carbons (Fsp3) is 0.240. The smallest absolute Gasteiger partial charge is 0.161 e. The van der Waals surface area contributed by atoms with Crippen LogP contribution in [0, 0.1) is 5.92 Å². The van der Waals surface area contributed by atoms with Crippen molar-refractivity contribution in [2.75, 3.05) is 24.9 Å². The van der Waals surface area contributed by atoms with Crippen molar-refractivity contribution < 1.29 is 14.3 Å². The predicted octanol–water partition coefficient (Wildman–Crippen LogP) is 5.60. The maximum absolute atomic E-state index is 13.5. The Bertz CT molecular complexity index is 1140. The number of para-hydroxylation sites is 2. The lowest BCUT2D eigenvalue weighted by atomic mass is 9.77. The van der Waals surface area contributed by atoms with E-state index < -0.39 is 0 Å². The minimum atomic E-state index is -0.262. The van der Waals surface area contributed by atoms with E-state index in [9.17, 15) is 4.79 Å². The van der Waals surface area contributed by atoms with Gasteiger partial charge >= 0.3 is 0 Å². The number of carbonyl (C=O) groups excluding carboxylic acids is 1. The van der Waals surface area contributed by atoms with Crippen LogP contribution in [0.5, 0.6) is 11.5 Å². The van der Waals surface area contributed by atoms with E-state index >= 15 is 0 Å².